The third-order valence-electron chi connectivity index (χ3n) is 2.10. The maximum Gasteiger partial charge on any atom is 0.330 e. The summed E-state index contributed by atoms with van der Waals surface area (Å²) in [7, 11) is 0. The molecule has 0 unspecified atom stereocenters. The smallest absolute Gasteiger partial charge is 0.330 e. The Kier molecular flexibility index (Phi) is 11.2. The summed E-state index contributed by atoms with van der Waals surface area (Å²) in [5.74, 6) is -0.831. The molecule has 0 bridgehead atoms. The number of rotatable bonds is 7. The van der Waals surface area contributed by atoms with Gasteiger partial charge in [0.05, 0.1) is 6.61 Å². The molecule has 0 aliphatic carbocycles. The van der Waals surface area contributed by atoms with Crippen molar-refractivity contribution >= 4 is 11.9 Å². The maximum atomic E-state index is 10.6. The molecule has 0 aromatic heterocycles. The molecule has 0 aliphatic heterocycles. The van der Waals surface area contributed by atoms with Crippen molar-refractivity contribution in [3.05, 3.63) is 61.2 Å². The van der Waals surface area contributed by atoms with E-state index in [2.05, 4.69) is 17.9 Å². The zero-order chi connectivity index (χ0) is 15.9. The monoisotopic (exact) mass is 292 g/mol. The van der Waals surface area contributed by atoms with E-state index in [1.54, 1.807) is 0 Å². The standard InChI is InChI=1S/C10H10O2.C6H10O3/c1-2-10(11)12-8-9-6-4-3-5-7-9;1-2-6(8)9-5-3-4-7/h2-7H,1,8H2;2,7H,1,3-5H2. The molecular weight excluding hydrogens is 272 g/mol. The van der Waals surface area contributed by atoms with Gasteiger partial charge in [-0.1, -0.05) is 43.5 Å². The van der Waals surface area contributed by atoms with Crippen LogP contribution in [0.4, 0.5) is 0 Å². The van der Waals surface area contributed by atoms with Gasteiger partial charge in [0.1, 0.15) is 6.61 Å². The highest BCUT2D eigenvalue weighted by molar-refractivity contribution is 5.81. The summed E-state index contributed by atoms with van der Waals surface area (Å²) in [6, 6.07) is 9.51. The molecule has 0 amide bonds. The van der Waals surface area contributed by atoms with Gasteiger partial charge in [-0.05, 0) is 5.56 Å². The van der Waals surface area contributed by atoms with Gasteiger partial charge in [0.15, 0.2) is 0 Å². The molecule has 0 radical (unpaired) electrons. The first-order valence-electron chi connectivity index (χ1n) is 6.37. The minimum atomic E-state index is -0.441. The first-order valence-corrected chi connectivity index (χ1v) is 6.37. The van der Waals surface area contributed by atoms with Crippen LogP contribution in [0.2, 0.25) is 0 Å². The molecule has 1 N–H and O–H groups in total. The van der Waals surface area contributed by atoms with Gasteiger partial charge in [0, 0.05) is 25.2 Å². The van der Waals surface area contributed by atoms with Crippen LogP contribution in [0.15, 0.2) is 55.6 Å². The molecule has 0 heterocycles. The molecule has 0 aliphatic rings. The van der Waals surface area contributed by atoms with Crippen molar-refractivity contribution in [3.63, 3.8) is 0 Å². The van der Waals surface area contributed by atoms with Crippen molar-refractivity contribution in [2.45, 2.75) is 13.0 Å². The number of aliphatic hydroxyl groups is 1. The van der Waals surface area contributed by atoms with Crippen LogP contribution in [0, 0.1) is 0 Å². The van der Waals surface area contributed by atoms with Crippen molar-refractivity contribution in [3.8, 4) is 0 Å². The fraction of sp³-hybridized carbons (Fsp3) is 0.250. The first-order chi connectivity index (χ1) is 10.1. The predicted octanol–water partition coefficient (Wildman–Crippen LogP) is 2.01. The highest BCUT2D eigenvalue weighted by atomic mass is 16.5. The predicted molar refractivity (Wildman–Crippen MR) is 79.3 cm³/mol. The zero-order valence-corrected chi connectivity index (χ0v) is 11.9. The van der Waals surface area contributed by atoms with Crippen LogP contribution < -0.4 is 0 Å². The van der Waals surface area contributed by atoms with Crippen LogP contribution in [0.25, 0.3) is 0 Å². The fourth-order valence-corrected chi connectivity index (χ4v) is 1.08. The van der Waals surface area contributed by atoms with Crippen LogP contribution in [-0.4, -0.2) is 30.3 Å². The van der Waals surface area contributed by atoms with E-state index in [9.17, 15) is 9.59 Å². The number of carbonyl (C=O) groups is 2. The van der Waals surface area contributed by atoms with Crippen LogP contribution in [0.3, 0.4) is 0 Å². The van der Waals surface area contributed by atoms with Gasteiger partial charge in [-0.2, -0.15) is 0 Å². The Morgan fingerprint density at radius 1 is 1.05 bits per heavy atom. The Bertz CT molecular complexity index is 439. The molecule has 0 atom stereocenters. The number of aliphatic hydroxyl groups excluding tert-OH is 1. The summed E-state index contributed by atoms with van der Waals surface area (Å²) >= 11 is 0. The van der Waals surface area contributed by atoms with Gasteiger partial charge in [-0.15, -0.1) is 0 Å². The van der Waals surface area contributed by atoms with Crippen LogP contribution in [0.1, 0.15) is 12.0 Å². The van der Waals surface area contributed by atoms with E-state index in [1.807, 2.05) is 30.3 Å². The first kappa shape index (κ1) is 18.6. The summed E-state index contributed by atoms with van der Waals surface area (Å²) in [5, 5.41) is 8.23. The third-order valence-corrected chi connectivity index (χ3v) is 2.10. The van der Waals surface area contributed by atoms with E-state index in [4.69, 9.17) is 9.84 Å². The highest BCUT2D eigenvalue weighted by Gasteiger charge is 1.95. The molecule has 0 fully saturated rings. The minimum Gasteiger partial charge on any atom is -0.462 e. The number of hydrogen-bond acceptors (Lipinski definition) is 5. The molecule has 114 valence electrons. The summed E-state index contributed by atoms with van der Waals surface area (Å²) in [4.78, 5) is 20.9. The Morgan fingerprint density at radius 2 is 1.62 bits per heavy atom. The van der Waals surface area contributed by atoms with Gasteiger partial charge in [-0.3, -0.25) is 0 Å². The molecular formula is C16H20O5. The normalized spacial score (nSPS) is 8.81. The topological polar surface area (TPSA) is 72.8 Å². The lowest BCUT2D eigenvalue weighted by Gasteiger charge is -2.00. The quantitative estimate of drug-likeness (QED) is 0.473. The molecule has 5 nitrogen and oxygen atoms in total. The van der Waals surface area contributed by atoms with Gasteiger partial charge in [0.2, 0.25) is 0 Å². The van der Waals surface area contributed by atoms with Gasteiger partial charge in [-0.25, -0.2) is 9.59 Å². The lowest BCUT2D eigenvalue weighted by molar-refractivity contribution is -0.139. The Hall–Kier alpha value is -2.40. The zero-order valence-electron chi connectivity index (χ0n) is 11.9. The lowest BCUT2D eigenvalue weighted by atomic mass is 10.2. The molecule has 1 aromatic carbocycles. The third kappa shape index (κ3) is 11.1. The van der Waals surface area contributed by atoms with E-state index < -0.39 is 5.97 Å². The van der Waals surface area contributed by atoms with Crippen molar-refractivity contribution in [1.29, 1.82) is 0 Å². The van der Waals surface area contributed by atoms with Crippen molar-refractivity contribution in [2.24, 2.45) is 0 Å². The van der Waals surface area contributed by atoms with Crippen LogP contribution in [0.5, 0.6) is 0 Å². The van der Waals surface area contributed by atoms with Gasteiger partial charge >= 0.3 is 11.9 Å². The molecule has 5 heteroatoms. The molecule has 1 aromatic rings. The summed E-state index contributed by atoms with van der Waals surface area (Å²) in [5.41, 5.74) is 0.979. The van der Waals surface area contributed by atoms with E-state index >= 15 is 0 Å². The summed E-state index contributed by atoms with van der Waals surface area (Å²) in [6.45, 7) is 7.12. The number of benzene rings is 1. The fourth-order valence-electron chi connectivity index (χ4n) is 1.08. The number of ether oxygens (including phenoxy) is 2. The second-order valence-corrected chi connectivity index (χ2v) is 3.75. The molecule has 0 saturated heterocycles. The Balaban J connectivity index is 0.000000400. The summed E-state index contributed by atoms with van der Waals surface area (Å²) < 4.78 is 9.33. The molecule has 1 rings (SSSR count). The Labute approximate surface area is 124 Å². The van der Waals surface area contributed by atoms with E-state index in [0.717, 1.165) is 17.7 Å². The second kappa shape index (κ2) is 12.6. The second-order valence-electron chi connectivity index (χ2n) is 3.75. The number of hydrogen-bond donors (Lipinski definition) is 1. The van der Waals surface area contributed by atoms with Gasteiger partial charge < -0.3 is 14.6 Å². The average molecular weight is 292 g/mol. The number of carbonyl (C=O) groups excluding carboxylic acids is 2. The van der Waals surface area contributed by atoms with Crippen molar-refractivity contribution < 1.29 is 24.2 Å². The maximum absolute atomic E-state index is 10.6. The van der Waals surface area contributed by atoms with E-state index in [1.165, 1.54) is 0 Å². The van der Waals surface area contributed by atoms with E-state index in [0.29, 0.717) is 13.0 Å². The molecule has 0 saturated carbocycles. The highest BCUT2D eigenvalue weighted by Crippen LogP contribution is 2.00. The van der Waals surface area contributed by atoms with Crippen molar-refractivity contribution in [2.75, 3.05) is 13.2 Å². The molecule has 21 heavy (non-hydrogen) atoms. The average Bonchev–Trinajstić information content (AvgIpc) is 2.54. The van der Waals surface area contributed by atoms with E-state index in [-0.39, 0.29) is 19.2 Å². The largest absolute Gasteiger partial charge is 0.462 e. The van der Waals surface area contributed by atoms with Crippen molar-refractivity contribution in [1.82, 2.24) is 0 Å². The Morgan fingerprint density at radius 3 is 2.14 bits per heavy atom. The van der Waals surface area contributed by atoms with Crippen LogP contribution in [-0.2, 0) is 25.7 Å². The molecule has 0 spiro atoms. The SMILES string of the molecule is C=CC(=O)OCCCO.C=CC(=O)OCc1ccccc1. The minimum absolute atomic E-state index is 0.0461. The summed E-state index contributed by atoms with van der Waals surface area (Å²) in [6.07, 6.45) is 2.74. The van der Waals surface area contributed by atoms with Crippen LogP contribution >= 0.6 is 0 Å². The number of esters is 2. The lowest BCUT2D eigenvalue weighted by Crippen LogP contribution is -2.02. The van der Waals surface area contributed by atoms with Gasteiger partial charge in [0.25, 0.3) is 0 Å².